The Kier molecular flexibility index (Phi) is 2.51. The van der Waals surface area contributed by atoms with E-state index in [0.29, 0.717) is 5.56 Å². The van der Waals surface area contributed by atoms with E-state index in [1.807, 2.05) is 32.0 Å². The Labute approximate surface area is 116 Å². The number of carbonyl (C=O) groups is 1. The molecule has 3 rings (SSSR count). The van der Waals surface area contributed by atoms with E-state index in [4.69, 9.17) is 0 Å². The SMILES string of the molecule is CC1(C)C(=O)c2ccccc2-c2cc([N+](=O)[O-])ccc21. The predicted octanol–water partition coefficient (Wildman–Crippen LogP) is 3.74. The van der Waals surface area contributed by atoms with Crippen LogP contribution < -0.4 is 0 Å². The molecule has 2 aromatic rings. The minimum atomic E-state index is -0.668. The van der Waals surface area contributed by atoms with Crippen LogP contribution in [0.4, 0.5) is 5.69 Å². The molecule has 4 nitrogen and oxygen atoms in total. The summed E-state index contributed by atoms with van der Waals surface area (Å²) in [4.78, 5) is 23.1. The molecule has 0 saturated carbocycles. The summed E-state index contributed by atoms with van der Waals surface area (Å²) in [5.74, 6) is 0.0504. The molecule has 0 aromatic heterocycles. The fourth-order valence-electron chi connectivity index (χ4n) is 2.79. The van der Waals surface area contributed by atoms with Crippen molar-refractivity contribution in [2.24, 2.45) is 0 Å². The van der Waals surface area contributed by atoms with Crippen molar-refractivity contribution >= 4 is 11.5 Å². The Bertz CT molecular complexity index is 747. The van der Waals surface area contributed by atoms with Gasteiger partial charge in [0.1, 0.15) is 0 Å². The Balaban J connectivity index is 2.37. The molecule has 2 aromatic carbocycles. The quantitative estimate of drug-likeness (QED) is 0.584. The van der Waals surface area contributed by atoms with Crippen LogP contribution >= 0.6 is 0 Å². The lowest BCUT2D eigenvalue weighted by Gasteiger charge is -2.32. The van der Waals surface area contributed by atoms with E-state index in [0.717, 1.165) is 16.7 Å². The first-order valence-corrected chi connectivity index (χ1v) is 6.36. The van der Waals surface area contributed by atoms with Crippen molar-refractivity contribution in [1.29, 1.82) is 0 Å². The highest BCUT2D eigenvalue weighted by Crippen LogP contribution is 2.43. The predicted molar refractivity (Wildman–Crippen MR) is 75.9 cm³/mol. The van der Waals surface area contributed by atoms with Gasteiger partial charge in [-0.15, -0.1) is 0 Å². The topological polar surface area (TPSA) is 60.2 Å². The van der Waals surface area contributed by atoms with Crippen LogP contribution in [0.5, 0.6) is 0 Å². The zero-order chi connectivity index (χ0) is 14.5. The summed E-state index contributed by atoms with van der Waals surface area (Å²) in [7, 11) is 0. The third kappa shape index (κ3) is 1.58. The van der Waals surface area contributed by atoms with Crippen LogP contribution in [0.1, 0.15) is 29.8 Å². The van der Waals surface area contributed by atoms with Crippen LogP contribution in [0.3, 0.4) is 0 Å². The van der Waals surface area contributed by atoms with Gasteiger partial charge in [0, 0.05) is 17.7 Å². The molecule has 0 radical (unpaired) electrons. The van der Waals surface area contributed by atoms with E-state index >= 15 is 0 Å². The van der Waals surface area contributed by atoms with Gasteiger partial charge in [-0.05, 0) is 30.5 Å². The van der Waals surface area contributed by atoms with Gasteiger partial charge in [0.15, 0.2) is 5.78 Å². The second-order valence-electron chi connectivity index (χ2n) is 5.49. The van der Waals surface area contributed by atoms with Crippen LogP contribution in [-0.4, -0.2) is 10.7 Å². The average Bonchev–Trinajstić information content (AvgIpc) is 2.44. The van der Waals surface area contributed by atoms with Gasteiger partial charge in [-0.2, -0.15) is 0 Å². The highest BCUT2D eigenvalue weighted by molar-refractivity contribution is 6.12. The van der Waals surface area contributed by atoms with Crippen molar-refractivity contribution in [2.45, 2.75) is 19.3 Å². The van der Waals surface area contributed by atoms with E-state index in [9.17, 15) is 14.9 Å². The number of fused-ring (bicyclic) bond motifs is 3. The molecule has 1 aliphatic carbocycles. The number of non-ortho nitro benzene ring substituents is 1. The zero-order valence-corrected chi connectivity index (χ0v) is 11.2. The number of benzene rings is 2. The Morgan fingerprint density at radius 1 is 1.00 bits per heavy atom. The standard InChI is InChI=1S/C16H13NO3/c1-16(2)14-8-7-10(17(19)20)9-13(14)11-5-3-4-6-12(11)15(16)18/h3-9H,1-2H3. The van der Waals surface area contributed by atoms with Crippen molar-refractivity contribution in [1.82, 2.24) is 0 Å². The number of nitro groups is 1. The lowest BCUT2D eigenvalue weighted by molar-refractivity contribution is -0.384. The molecular weight excluding hydrogens is 254 g/mol. The van der Waals surface area contributed by atoms with Gasteiger partial charge in [-0.3, -0.25) is 14.9 Å². The highest BCUT2D eigenvalue weighted by atomic mass is 16.6. The third-order valence-electron chi connectivity index (χ3n) is 3.92. The fourth-order valence-corrected chi connectivity index (χ4v) is 2.79. The number of nitro benzene ring substituents is 1. The molecule has 0 N–H and O–H groups in total. The summed E-state index contributed by atoms with van der Waals surface area (Å²) < 4.78 is 0. The normalized spacial score (nSPS) is 15.4. The second kappa shape index (κ2) is 4.00. The summed E-state index contributed by atoms with van der Waals surface area (Å²) in [5, 5.41) is 11.0. The number of Topliss-reactive ketones (excluding diaryl/α,β-unsaturated/α-hetero) is 1. The lowest BCUT2D eigenvalue weighted by atomic mass is 9.69. The molecule has 0 heterocycles. The molecule has 1 aliphatic rings. The number of hydrogen-bond donors (Lipinski definition) is 0. The summed E-state index contributed by atoms with van der Waals surface area (Å²) >= 11 is 0. The van der Waals surface area contributed by atoms with E-state index in [1.165, 1.54) is 6.07 Å². The number of ketones is 1. The molecule has 0 unspecified atom stereocenters. The van der Waals surface area contributed by atoms with Crippen molar-refractivity contribution < 1.29 is 9.72 Å². The molecule has 4 heteroatoms. The maximum Gasteiger partial charge on any atom is 0.270 e. The van der Waals surface area contributed by atoms with Crippen LogP contribution in [0.2, 0.25) is 0 Å². The van der Waals surface area contributed by atoms with Gasteiger partial charge < -0.3 is 0 Å². The number of nitrogens with zero attached hydrogens (tertiary/aromatic N) is 1. The molecular formula is C16H13NO3. The Morgan fingerprint density at radius 2 is 1.65 bits per heavy atom. The van der Waals surface area contributed by atoms with E-state index < -0.39 is 10.3 Å². The van der Waals surface area contributed by atoms with Crippen molar-refractivity contribution in [3.63, 3.8) is 0 Å². The van der Waals surface area contributed by atoms with Gasteiger partial charge >= 0.3 is 0 Å². The van der Waals surface area contributed by atoms with Crippen LogP contribution in [-0.2, 0) is 5.41 Å². The van der Waals surface area contributed by atoms with E-state index in [1.54, 1.807) is 18.2 Å². The van der Waals surface area contributed by atoms with Crippen molar-refractivity contribution in [3.05, 3.63) is 63.7 Å². The van der Waals surface area contributed by atoms with Gasteiger partial charge in [0.05, 0.1) is 10.3 Å². The maximum absolute atomic E-state index is 12.6. The molecule has 0 aliphatic heterocycles. The molecule has 0 atom stereocenters. The molecule has 20 heavy (non-hydrogen) atoms. The molecule has 0 saturated heterocycles. The zero-order valence-electron chi connectivity index (χ0n) is 11.2. The average molecular weight is 267 g/mol. The lowest BCUT2D eigenvalue weighted by Crippen LogP contribution is -2.33. The summed E-state index contributed by atoms with van der Waals surface area (Å²) in [6, 6.07) is 12.0. The van der Waals surface area contributed by atoms with Crippen LogP contribution in [0.25, 0.3) is 11.1 Å². The first kappa shape index (κ1) is 12.5. The maximum atomic E-state index is 12.6. The minimum Gasteiger partial charge on any atom is -0.293 e. The number of rotatable bonds is 1. The number of hydrogen-bond acceptors (Lipinski definition) is 3. The van der Waals surface area contributed by atoms with Crippen LogP contribution in [0.15, 0.2) is 42.5 Å². The molecule has 0 spiro atoms. The smallest absolute Gasteiger partial charge is 0.270 e. The molecule has 0 bridgehead atoms. The van der Waals surface area contributed by atoms with Crippen molar-refractivity contribution in [3.8, 4) is 11.1 Å². The number of carbonyl (C=O) groups excluding carboxylic acids is 1. The summed E-state index contributed by atoms with van der Waals surface area (Å²) in [5.41, 5.74) is 2.40. The van der Waals surface area contributed by atoms with Gasteiger partial charge in [-0.25, -0.2) is 0 Å². The summed E-state index contributed by atoms with van der Waals surface area (Å²) in [6.45, 7) is 3.71. The molecule has 0 amide bonds. The minimum absolute atomic E-state index is 0.0451. The highest BCUT2D eigenvalue weighted by Gasteiger charge is 2.39. The molecule has 100 valence electrons. The largest absolute Gasteiger partial charge is 0.293 e. The van der Waals surface area contributed by atoms with Crippen molar-refractivity contribution in [2.75, 3.05) is 0 Å². The van der Waals surface area contributed by atoms with Crippen LogP contribution in [0, 0.1) is 10.1 Å². The monoisotopic (exact) mass is 267 g/mol. The fraction of sp³-hybridized carbons (Fsp3) is 0.188. The second-order valence-corrected chi connectivity index (χ2v) is 5.49. The first-order valence-electron chi connectivity index (χ1n) is 6.36. The van der Waals surface area contributed by atoms with E-state index in [2.05, 4.69) is 0 Å². The molecule has 0 fully saturated rings. The van der Waals surface area contributed by atoms with Gasteiger partial charge in [0.2, 0.25) is 0 Å². The van der Waals surface area contributed by atoms with E-state index in [-0.39, 0.29) is 11.5 Å². The van der Waals surface area contributed by atoms with Gasteiger partial charge in [0.25, 0.3) is 5.69 Å². The first-order chi connectivity index (χ1) is 9.43. The summed E-state index contributed by atoms with van der Waals surface area (Å²) in [6.07, 6.45) is 0. The third-order valence-corrected chi connectivity index (χ3v) is 3.92. The Hall–Kier alpha value is -2.49. The Morgan fingerprint density at radius 3 is 2.30 bits per heavy atom. The van der Waals surface area contributed by atoms with Gasteiger partial charge in [-0.1, -0.05) is 30.3 Å².